The number of likely N-dealkylation sites (N-methyl/N-ethyl adjacent to an activating group) is 1. The molecule has 0 radical (unpaired) electrons. The summed E-state index contributed by atoms with van der Waals surface area (Å²) in [7, 11) is 4.09. The number of hydrogen-bond acceptors (Lipinski definition) is 6. The van der Waals surface area contributed by atoms with E-state index in [1.54, 1.807) is 0 Å². The summed E-state index contributed by atoms with van der Waals surface area (Å²) >= 11 is 0. The normalized spacial score (nSPS) is 22.2. The highest BCUT2D eigenvalue weighted by Crippen LogP contribution is 2.47. The number of rotatable bonds is 8. The van der Waals surface area contributed by atoms with Crippen LogP contribution in [0.25, 0.3) is 10.9 Å². The second-order valence-corrected chi connectivity index (χ2v) is 11.2. The van der Waals surface area contributed by atoms with Crippen LogP contribution in [0.2, 0.25) is 0 Å². The van der Waals surface area contributed by atoms with Gasteiger partial charge in [0.25, 0.3) is 0 Å². The maximum atomic E-state index is 4.84. The molecule has 1 atom stereocenters. The summed E-state index contributed by atoms with van der Waals surface area (Å²) in [6, 6.07) is 15.8. The molecule has 1 saturated carbocycles. The Balaban J connectivity index is 1.01. The number of aromatic nitrogens is 2. The number of nitrogens with one attached hydrogen (secondary N) is 2. The number of allylic oxidation sites excluding steroid dienone is 4. The van der Waals surface area contributed by atoms with Crippen LogP contribution in [0.1, 0.15) is 56.1 Å². The van der Waals surface area contributed by atoms with Gasteiger partial charge >= 0.3 is 0 Å². The van der Waals surface area contributed by atoms with E-state index in [4.69, 9.17) is 9.97 Å². The minimum absolute atomic E-state index is 0.437. The summed E-state index contributed by atoms with van der Waals surface area (Å²) in [6.45, 7) is 5.31. The van der Waals surface area contributed by atoms with E-state index in [1.807, 2.05) is 26.2 Å². The van der Waals surface area contributed by atoms with E-state index in [-0.39, 0.29) is 0 Å². The molecule has 2 heterocycles. The Kier molecular flexibility index (Phi) is 7.07. The van der Waals surface area contributed by atoms with E-state index in [9.17, 15) is 0 Å². The van der Waals surface area contributed by atoms with Crippen molar-refractivity contribution in [3.8, 4) is 0 Å². The van der Waals surface area contributed by atoms with Crippen LogP contribution < -0.4 is 20.4 Å². The highest BCUT2D eigenvalue weighted by Gasteiger charge is 2.33. The minimum Gasteiger partial charge on any atom is -0.362 e. The van der Waals surface area contributed by atoms with E-state index >= 15 is 0 Å². The van der Waals surface area contributed by atoms with Gasteiger partial charge in [-0.2, -0.15) is 4.98 Å². The molecular formula is C32H40N6. The van der Waals surface area contributed by atoms with Crippen molar-refractivity contribution in [2.45, 2.75) is 57.5 Å². The SMILES string of the molecule is CCN1C2=CC=CCC2c2cc(CNCC3CCC(Nc4nc(N(C)C)c5ccccc5n4)CC3)ccc21. The summed E-state index contributed by atoms with van der Waals surface area (Å²) in [6.07, 6.45) is 12.7. The maximum Gasteiger partial charge on any atom is 0.225 e. The van der Waals surface area contributed by atoms with Gasteiger partial charge in [-0.1, -0.05) is 36.4 Å². The second kappa shape index (κ2) is 10.8. The number of benzene rings is 2. The molecular weight excluding hydrogens is 468 g/mol. The molecule has 3 aliphatic rings. The lowest BCUT2D eigenvalue weighted by Gasteiger charge is -2.29. The molecule has 1 aliphatic heterocycles. The molecule has 0 amide bonds. The standard InChI is InChI=1S/C32H40N6/c1-4-38-29-12-8-6-9-25(29)27-19-23(15-18-30(27)38)21-33-20-22-13-16-24(17-14-22)34-32-35-28-11-7-5-10-26(28)31(36-32)37(2)3/h5-8,10-12,15,18-19,22,24-25,33H,4,9,13-14,16-17,20-21H2,1-3H3,(H,34,35,36). The lowest BCUT2D eigenvalue weighted by Crippen LogP contribution is -2.31. The van der Waals surface area contributed by atoms with Crippen LogP contribution in [0.5, 0.6) is 0 Å². The fourth-order valence-electron chi connectivity index (χ4n) is 6.49. The monoisotopic (exact) mass is 508 g/mol. The Morgan fingerprint density at radius 3 is 2.68 bits per heavy atom. The average molecular weight is 509 g/mol. The van der Waals surface area contributed by atoms with E-state index in [2.05, 4.69) is 75.9 Å². The van der Waals surface area contributed by atoms with Crippen molar-refractivity contribution in [3.63, 3.8) is 0 Å². The van der Waals surface area contributed by atoms with Crippen molar-refractivity contribution in [3.05, 3.63) is 77.5 Å². The quantitative estimate of drug-likeness (QED) is 0.377. The summed E-state index contributed by atoms with van der Waals surface area (Å²) < 4.78 is 0. The van der Waals surface area contributed by atoms with Gasteiger partial charge in [0.2, 0.25) is 5.95 Å². The van der Waals surface area contributed by atoms with Crippen molar-refractivity contribution < 1.29 is 0 Å². The van der Waals surface area contributed by atoms with Crippen LogP contribution >= 0.6 is 0 Å². The Morgan fingerprint density at radius 2 is 1.87 bits per heavy atom. The van der Waals surface area contributed by atoms with Gasteiger partial charge in [-0.25, -0.2) is 4.98 Å². The van der Waals surface area contributed by atoms with Crippen molar-refractivity contribution >= 4 is 28.4 Å². The third-order valence-electron chi connectivity index (χ3n) is 8.47. The van der Waals surface area contributed by atoms with Crippen LogP contribution in [0.4, 0.5) is 17.5 Å². The third-order valence-corrected chi connectivity index (χ3v) is 8.47. The van der Waals surface area contributed by atoms with Crippen LogP contribution in [-0.2, 0) is 6.54 Å². The molecule has 0 saturated heterocycles. The first kappa shape index (κ1) is 24.9. The number of fused-ring (bicyclic) bond motifs is 4. The zero-order valence-corrected chi connectivity index (χ0v) is 23.0. The van der Waals surface area contributed by atoms with Gasteiger partial charge in [0.15, 0.2) is 0 Å². The molecule has 1 unspecified atom stereocenters. The number of hydrogen-bond donors (Lipinski definition) is 2. The molecule has 1 aromatic heterocycles. The zero-order chi connectivity index (χ0) is 26.1. The molecule has 2 N–H and O–H groups in total. The first-order chi connectivity index (χ1) is 18.6. The first-order valence-electron chi connectivity index (χ1n) is 14.3. The zero-order valence-electron chi connectivity index (χ0n) is 23.0. The van der Waals surface area contributed by atoms with Crippen molar-refractivity contribution in [2.24, 2.45) is 5.92 Å². The lowest BCUT2D eigenvalue weighted by atomic mass is 9.86. The van der Waals surface area contributed by atoms with Gasteiger partial charge in [0.1, 0.15) is 5.82 Å². The number of anilines is 3. The van der Waals surface area contributed by atoms with Gasteiger partial charge in [-0.05, 0) is 86.9 Å². The largest absolute Gasteiger partial charge is 0.362 e. The molecule has 6 nitrogen and oxygen atoms in total. The van der Waals surface area contributed by atoms with Crippen LogP contribution in [0.3, 0.4) is 0 Å². The third kappa shape index (κ3) is 4.90. The van der Waals surface area contributed by atoms with E-state index in [1.165, 1.54) is 35.4 Å². The number of para-hydroxylation sites is 1. The molecule has 0 spiro atoms. The van der Waals surface area contributed by atoms with Crippen LogP contribution in [0, 0.1) is 5.92 Å². The van der Waals surface area contributed by atoms with Crippen molar-refractivity contribution in [1.29, 1.82) is 0 Å². The van der Waals surface area contributed by atoms with Crippen LogP contribution in [-0.4, -0.2) is 43.2 Å². The predicted octanol–water partition coefficient (Wildman–Crippen LogP) is 6.22. The number of nitrogens with zero attached hydrogens (tertiary/aromatic N) is 4. The summed E-state index contributed by atoms with van der Waals surface area (Å²) in [5.74, 6) is 2.97. The lowest BCUT2D eigenvalue weighted by molar-refractivity contribution is 0.324. The van der Waals surface area contributed by atoms with Gasteiger partial charge in [-0.3, -0.25) is 0 Å². The van der Waals surface area contributed by atoms with Gasteiger partial charge in [-0.15, -0.1) is 0 Å². The van der Waals surface area contributed by atoms with E-state index in [0.717, 1.165) is 67.5 Å². The van der Waals surface area contributed by atoms with Crippen LogP contribution in [0.15, 0.2) is 66.4 Å². The molecule has 6 heteroatoms. The Morgan fingerprint density at radius 1 is 1.03 bits per heavy atom. The fourth-order valence-corrected chi connectivity index (χ4v) is 6.49. The molecule has 2 aromatic carbocycles. The summed E-state index contributed by atoms with van der Waals surface area (Å²) in [5, 5.41) is 8.51. The predicted molar refractivity (Wildman–Crippen MR) is 159 cm³/mol. The molecule has 2 aliphatic carbocycles. The Hall–Kier alpha value is -3.38. The minimum atomic E-state index is 0.437. The van der Waals surface area contributed by atoms with E-state index in [0.29, 0.717) is 12.0 Å². The average Bonchev–Trinajstić information content (AvgIpc) is 3.26. The molecule has 38 heavy (non-hydrogen) atoms. The van der Waals surface area contributed by atoms with E-state index < -0.39 is 0 Å². The summed E-state index contributed by atoms with van der Waals surface area (Å²) in [5.41, 5.74) is 6.76. The Bertz CT molecular complexity index is 1350. The molecule has 0 bridgehead atoms. The smallest absolute Gasteiger partial charge is 0.225 e. The molecule has 6 rings (SSSR count). The molecule has 1 fully saturated rings. The van der Waals surface area contributed by atoms with Gasteiger partial charge in [0.05, 0.1) is 5.52 Å². The molecule has 3 aromatic rings. The van der Waals surface area contributed by atoms with Gasteiger partial charge in [0, 0.05) is 55.9 Å². The second-order valence-electron chi connectivity index (χ2n) is 11.2. The Labute approximate surface area is 226 Å². The molecule has 198 valence electrons. The highest BCUT2D eigenvalue weighted by atomic mass is 15.2. The summed E-state index contributed by atoms with van der Waals surface area (Å²) in [4.78, 5) is 14.2. The maximum absolute atomic E-state index is 4.84. The fraction of sp³-hybridized carbons (Fsp3) is 0.438. The first-order valence-corrected chi connectivity index (χ1v) is 14.3. The topological polar surface area (TPSA) is 56.3 Å². The highest BCUT2D eigenvalue weighted by molar-refractivity contribution is 5.90. The van der Waals surface area contributed by atoms with Crippen molar-refractivity contribution in [1.82, 2.24) is 15.3 Å². The van der Waals surface area contributed by atoms with Crippen molar-refractivity contribution in [2.75, 3.05) is 42.3 Å². The van der Waals surface area contributed by atoms with Gasteiger partial charge < -0.3 is 20.4 Å².